The highest BCUT2D eigenvalue weighted by Crippen LogP contribution is 2.14. The lowest BCUT2D eigenvalue weighted by molar-refractivity contribution is -0.222. The summed E-state index contributed by atoms with van der Waals surface area (Å²) in [5, 5.41) is 0. The second kappa shape index (κ2) is 3.49. The first-order valence-corrected chi connectivity index (χ1v) is 3.05. The van der Waals surface area contributed by atoms with E-state index in [0.717, 1.165) is 0 Å². The van der Waals surface area contributed by atoms with Crippen LogP contribution in [0.3, 0.4) is 0 Å². The lowest BCUT2D eigenvalue weighted by atomic mass is 10.3. The van der Waals surface area contributed by atoms with Crippen molar-refractivity contribution in [1.29, 1.82) is 0 Å². The summed E-state index contributed by atoms with van der Waals surface area (Å²) in [5.41, 5.74) is 0. The predicted octanol–water partition coefficient (Wildman–Crippen LogP) is 1.94. The van der Waals surface area contributed by atoms with Crippen LogP contribution in [0, 0.1) is 0 Å². The topological polar surface area (TPSA) is 26.3 Å². The van der Waals surface area contributed by atoms with Gasteiger partial charge in [-0.15, -0.1) is 0 Å². The van der Waals surface area contributed by atoms with Crippen molar-refractivity contribution in [1.82, 2.24) is 0 Å². The molecule has 0 radical (unpaired) electrons. The van der Waals surface area contributed by atoms with E-state index in [1.165, 1.54) is 0 Å². The predicted molar refractivity (Wildman–Crippen MR) is 31.6 cm³/mol. The minimum Gasteiger partial charge on any atom is -0.401 e. The normalized spacial score (nSPS) is 11.2. The Morgan fingerprint density at radius 3 is 2.40 bits per heavy atom. The van der Waals surface area contributed by atoms with Crippen LogP contribution in [0.15, 0.2) is 0 Å². The smallest absolute Gasteiger partial charge is 0.396 e. The van der Waals surface area contributed by atoms with Crippen LogP contribution in [0.4, 0.5) is 8.78 Å². The first-order valence-electron chi connectivity index (χ1n) is 3.05. The zero-order valence-electron chi connectivity index (χ0n) is 5.99. The standard InChI is InChI=1S/C6H10F2O2/c1-3-4-5(9)10-6(2,7)8/h3-4H2,1-2H3. The summed E-state index contributed by atoms with van der Waals surface area (Å²) in [7, 11) is 0. The van der Waals surface area contributed by atoms with Gasteiger partial charge in [0.15, 0.2) is 0 Å². The third-order valence-corrected chi connectivity index (χ3v) is 0.747. The Kier molecular flexibility index (Phi) is 3.25. The molecule has 0 aliphatic rings. The van der Waals surface area contributed by atoms with Gasteiger partial charge < -0.3 is 4.74 Å². The van der Waals surface area contributed by atoms with E-state index in [1.807, 2.05) is 0 Å². The van der Waals surface area contributed by atoms with Crippen molar-refractivity contribution in [2.45, 2.75) is 32.8 Å². The molecule has 4 heteroatoms. The van der Waals surface area contributed by atoms with Gasteiger partial charge >= 0.3 is 12.1 Å². The van der Waals surface area contributed by atoms with E-state index < -0.39 is 12.1 Å². The lowest BCUT2D eigenvalue weighted by Gasteiger charge is -2.09. The maximum absolute atomic E-state index is 11.9. The number of ether oxygens (including phenoxy) is 1. The molecule has 0 fully saturated rings. The minimum absolute atomic E-state index is 0.0451. The van der Waals surface area contributed by atoms with Crippen LogP contribution in [-0.4, -0.2) is 12.1 Å². The summed E-state index contributed by atoms with van der Waals surface area (Å²) in [6.07, 6.45) is -2.76. The molecule has 60 valence electrons. The molecular weight excluding hydrogens is 142 g/mol. The van der Waals surface area contributed by atoms with Crippen LogP contribution in [0.2, 0.25) is 0 Å². The molecule has 0 bridgehead atoms. The molecule has 2 nitrogen and oxygen atoms in total. The van der Waals surface area contributed by atoms with Gasteiger partial charge in [0.1, 0.15) is 0 Å². The van der Waals surface area contributed by atoms with Crippen molar-refractivity contribution in [2.75, 3.05) is 0 Å². The Bertz CT molecular complexity index is 117. The maximum atomic E-state index is 11.9. The Morgan fingerprint density at radius 1 is 1.60 bits per heavy atom. The minimum atomic E-state index is -3.33. The molecule has 0 heterocycles. The van der Waals surface area contributed by atoms with Gasteiger partial charge in [-0.25, -0.2) is 0 Å². The molecule has 0 aromatic carbocycles. The number of halogens is 2. The Balaban J connectivity index is 3.58. The average molecular weight is 152 g/mol. The highest BCUT2D eigenvalue weighted by molar-refractivity contribution is 5.69. The van der Waals surface area contributed by atoms with Crippen LogP contribution < -0.4 is 0 Å². The third kappa shape index (κ3) is 5.47. The summed E-state index contributed by atoms with van der Waals surface area (Å²) < 4.78 is 27.4. The fourth-order valence-corrected chi connectivity index (χ4v) is 0.455. The van der Waals surface area contributed by atoms with Gasteiger partial charge in [0.25, 0.3) is 0 Å². The van der Waals surface area contributed by atoms with Crippen LogP contribution in [0.25, 0.3) is 0 Å². The summed E-state index contributed by atoms with van der Waals surface area (Å²) in [5.74, 6) is -0.852. The zero-order valence-corrected chi connectivity index (χ0v) is 5.99. The molecule has 0 atom stereocenters. The first kappa shape index (κ1) is 9.33. The van der Waals surface area contributed by atoms with E-state index in [9.17, 15) is 13.6 Å². The Morgan fingerprint density at radius 2 is 2.10 bits per heavy atom. The highest BCUT2D eigenvalue weighted by atomic mass is 19.3. The largest absolute Gasteiger partial charge is 0.401 e. The number of alkyl halides is 2. The monoisotopic (exact) mass is 152 g/mol. The molecule has 0 aromatic rings. The summed E-state index contributed by atoms with van der Waals surface area (Å²) in [6.45, 7) is 2.26. The van der Waals surface area contributed by atoms with Crippen molar-refractivity contribution in [3.63, 3.8) is 0 Å². The highest BCUT2D eigenvalue weighted by Gasteiger charge is 2.25. The van der Waals surface area contributed by atoms with Gasteiger partial charge in [-0.1, -0.05) is 6.92 Å². The van der Waals surface area contributed by atoms with E-state index >= 15 is 0 Å². The molecule has 0 saturated carbocycles. The number of esters is 1. The summed E-state index contributed by atoms with van der Waals surface area (Å²) in [6, 6.07) is 0. The SMILES string of the molecule is CCCC(=O)OC(C)(F)F. The van der Waals surface area contributed by atoms with E-state index in [-0.39, 0.29) is 6.42 Å². The van der Waals surface area contributed by atoms with E-state index in [0.29, 0.717) is 13.3 Å². The van der Waals surface area contributed by atoms with Crippen molar-refractivity contribution >= 4 is 5.97 Å². The molecule has 0 spiro atoms. The molecule has 0 aliphatic carbocycles. The van der Waals surface area contributed by atoms with Gasteiger partial charge in [0.05, 0.1) is 0 Å². The fourth-order valence-electron chi connectivity index (χ4n) is 0.455. The van der Waals surface area contributed by atoms with E-state index in [1.54, 1.807) is 6.92 Å². The quantitative estimate of drug-likeness (QED) is 0.577. The van der Waals surface area contributed by atoms with Gasteiger partial charge in [-0.2, -0.15) is 8.78 Å². The van der Waals surface area contributed by atoms with Gasteiger partial charge in [-0.05, 0) is 6.42 Å². The Hall–Kier alpha value is -0.670. The molecule has 0 unspecified atom stereocenters. The van der Waals surface area contributed by atoms with Crippen LogP contribution in [0.1, 0.15) is 26.7 Å². The lowest BCUT2D eigenvalue weighted by Crippen LogP contribution is -2.20. The van der Waals surface area contributed by atoms with Crippen LogP contribution in [0.5, 0.6) is 0 Å². The molecule has 10 heavy (non-hydrogen) atoms. The number of hydrogen-bond acceptors (Lipinski definition) is 2. The van der Waals surface area contributed by atoms with Gasteiger partial charge in [0, 0.05) is 13.3 Å². The number of hydrogen-bond donors (Lipinski definition) is 0. The molecule has 0 saturated heterocycles. The van der Waals surface area contributed by atoms with Crippen molar-refractivity contribution in [3.8, 4) is 0 Å². The van der Waals surface area contributed by atoms with Gasteiger partial charge in [0.2, 0.25) is 0 Å². The van der Waals surface area contributed by atoms with Gasteiger partial charge in [-0.3, -0.25) is 4.79 Å². The average Bonchev–Trinajstić information content (AvgIpc) is 1.59. The Labute approximate surface area is 58.2 Å². The summed E-state index contributed by atoms with van der Waals surface area (Å²) in [4.78, 5) is 10.4. The van der Waals surface area contributed by atoms with Crippen LogP contribution in [-0.2, 0) is 9.53 Å². The first-order chi connectivity index (χ1) is 4.45. The zero-order chi connectivity index (χ0) is 8.20. The molecule has 0 rings (SSSR count). The molecule has 0 N–H and O–H groups in total. The third-order valence-electron chi connectivity index (χ3n) is 0.747. The molecular formula is C6H10F2O2. The summed E-state index contributed by atoms with van der Waals surface area (Å²) >= 11 is 0. The van der Waals surface area contributed by atoms with E-state index in [4.69, 9.17) is 0 Å². The molecule has 0 amide bonds. The number of carbonyl (C=O) groups excluding carboxylic acids is 1. The number of rotatable bonds is 3. The second-order valence-electron chi connectivity index (χ2n) is 2.03. The number of carbonyl (C=O) groups is 1. The maximum Gasteiger partial charge on any atom is 0.396 e. The van der Waals surface area contributed by atoms with Crippen LogP contribution >= 0.6 is 0 Å². The molecule has 0 aromatic heterocycles. The van der Waals surface area contributed by atoms with Crippen molar-refractivity contribution < 1.29 is 18.3 Å². The fraction of sp³-hybridized carbons (Fsp3) is 0.833. The van der Waals surface area contributed by atoms with Crippen molar-refractivity contribution in [2.24, 2.45) is 0 Å². The van der Waals surface area contributed by atoms with Crippen molar-refractivity contribution in [3.05, 3.63) is 0 Å². The molecule has 0 aliphatic heterocycles. The second-order valence-corrected chi connectivity index (χ2v) is 2.03. The van der Waals surface area contributed by atoms with E-state index in [2.05, 4.69) is 4.74 Å².